The maximum atomic E-state index is 11.4. The summed E-state index contributed by atoms with van der Waals surface area (Å²) in [5.74, 6) is -0.0165. The van der Waals surface area contributed by atoms with E-state index in [0.717, 1.165) is 11.3 Å². The predicted octanol–water partition coefficient (Wildman–Crippen LogP) is 1.90. The van der Waals surface area contributed by atoms with E-state index in [9.17, 15) is 4.79 Å². The number of rotatable bonds is 7. The second-order valence-corrected chi connectivity index (χ2v) is 4.77. The van der Waals surface area contributed by atoms with Crippen LogP contribution in [-0.2, 0) is 20.9 Å². The van der Waals surface area contributed by atoms with Crippen LogP contribution in [0.5, 0.6) is 0 Å². The van der Waals surface area contributed by atoms with Crippen molar-refractivity contribution < 1.29 is 14.3 Å². The maximum Gasteiger partial charge on any atom is 0.307 e. The number of para-hydroxylation sites is 1. The van der Waals surface area contributed by atoms with Gasteiger partial charge in [0.15, 0.2) is 5.96 Å². The number of guanidine groups is 1. The molecule has 3 N–H and O–H groups in total. The number of nitrogens with two attached hydrogens (primary N) is 1. The van der Waals surface area contributed by atoms with Gasteiger partial charge in [0, 0.05) is 18.4 Å². The number of nitrogens with one attached hydrogen (secondary N) is 1. The van der Waals surface area contributed by atoms with Gasteiger partial charge < -0.3 is 20.5 Å². The zero-order valence-corrected chi connectivity index (χ0v) is 12.8. The van der Waals surface area contributed by atoms with Crippen LogP contribution in [0.1, 0.15) is 25.8 Å². The van der Waals surface area contributed by atoms with E-state index >= 15 is 0 Å². The average molecular weight is 293 g/mol. The molecule has 0 fully saturated rings. The molecule has 0 amide bonds. The fourth-order valence-electron chi connectivity index (χ4n) is 1.69. The third kappa shape index (κ3) is 6.76. The lowest BCUT2D eigenvalue weighted by Gasteiger charge is -2.11. The molecule has 0 aliphatic carbocycles. The summed E-state index contributed by atoms with van der Waals surface area (Å²) in [5, 5.41) is 3.01. The number of ether oxygens (including phenoxy) is 2. The Hall–Kier alpha value is -2.08. The van der Waals surface area contributed by atoms with Gasteiger partial charge in [-0.15, -0.1) is 0 Å². The Morgan fingerprint density at radius 2 is 2.10 bits per heavy atom. The van der Waals surface area contributed by atoms with Crippen LogP contribution in [0, 0.1) is 0 Å². The van der Waals surface area contributed by atoms with E-state index in [4.69, 9.17) is 15.2 Å². The van der Waals surface area contributed by atoms with Crippen molar-refractivity contribution in [1.29, 1.82) is 0 Å². The van der Waals surface area contributed by atoms with Gasteiger partial charge in [-0.3, -0.25) is 9.79 Å². The minimum atomic E-state index is -0.277. The van der Waals surface area contributed by atoms with E-state index in [1.807, 2.05) is 38.1 Å². The molecule has 0 aliphatic rings. The van der Waals surface area contributed by atoms with Crippen LogP contribution >= 0.6 is 0 Å². The lowest BCUT2D eigenvalue weighted by atomic mass is 10.2. The number of anilines is 1. The number of nitrogens with zero attached hydrogens (tertiary/aromatic N) is 1. The highest BCUT2D eigenvalue weighted by atomic mass is 16.5. The van der Waals surface area contributed by atoms with Gasteiger partial charge in [0.1, 0.15) is 0 Å². The number of carbonyl (C=O) groups excluding carboxylic acids is 1. The smallest absolute Gasteiger partial charge is 0.307 e. The molecular formula is C15H23N3O3. The zero-order chi connectivity index (χ0) is 15.7. The number of aliphatic imine (C=N–C) groups is 1. The highest BCUT2D eigenvalue weighted by molar-refractivity contribution is 5.93. The van der Waals surface area contributed by atoms with Crippen molar-refractivity contribution in [3.8, 4) is 0 Å². The van der Waals surface area contributed by atoms with Crippen LogP contribution < -0.4 is 11.1 Å². The molecule has 0 atom stereocenters. The van der Waals surface area contributed by atoms with Gasteiger partial charge in [-0.25, -0.2) is 0 Å². The Morgan fingerprint density at radius 1 is 1.38 bits per heavy atom. The van der Waals surface area contributed by atoms with Crippen LogP contribution in [0.4, 0.5) is 5.69 Å². The van der Waals surface area contributed by atoms with Gasteiger partial charge in [0.05, 0.1) is 25.7 Å². The van der Waals surface area contributed by atoms with Crippen LogP contribution in [0.2, 0.25) is 0 Å². The highest BCUT2D eigenvalue weighted by Crippen LogP contribution is 2.15. The van der Waals surface area contributed by atoms with Gasteiger partial charge in [0.2, 0.25) is 0 Å². The van der Waals surface area contributed by atoms with E-state index in [1.54, 1.807) is 7.11 Å². The summed E-state index contributed by atoms with van der Waals surface area (Å²) in [6.07, 6.45) is 0.0955. The van der Waals surface area contributed by atoms with E-state index in [2.05, 4.69) is 10.3 Å². The summed E-state index contributed by atoms with van der Waals surface area (Å²) < 4.78 is 10.1. The second-order valence-electron chi connectivity index (χ2n) is 4.77. The number of benzene rings is 1. The first kappa shape index (κ1) is 17.0. The summed E-state index contributed by atoms with van der Waals surface area (Å²) in [7, 11) is 1.63. The third-order valence-corrected chi connectivity index (χ3v) is 2.55. The topological polar surface area (TPSA) is 85.9 Å². The number of carbonyl (C=O) groups is 1. The Bertz CT molecular complexity index is 487. The Labute approximate surface area is 125 Å². The molecule has 0 unspecified atom stereocenters. The number of methoxy groups -OCH3 is 1. The summed E-state index contributed by atoms with van der Waals surface area (Å²) in [6, 6.07) is 7.66. The van der Waals surface area contributed by atoms with Crippen molar-refractivity contribution >= 4 is 17.6 Å². The van der Waals surface area contributed by atoms with E-state index in [-0.39, 0.29) is 31.0 Å². The average Bonchev–Trinajstić information content (AvgIpc) is 2.40. The molecule has 0 aliphatic heterocycles. The van der Waals surface area contributed by atoms with E-state index < -0.39 is 0 Å². The Morgan fingerprint density at radius 3 is 2.76 bits per heavy atom. The van der Waals surface area contributed by atoms with Crippen LogP contribution in [0.15, 0.2) is 29.3 Å². The largest absolute Gasteiger partial charge is 0.463 e. The van der Waals surface area contributed by atoms with Gasteiger partial charge in [-0.2, -0.15) is 0 Å². The van der Waals surface area contributed by atoms with Crippen LogP contribution in [0.3, 0.4) is 0 Å². The van der Waals surface area contributed by atoms with Crippen molar-refractivity contribution in [3.05, 3.63) is 29.8 Å². The molecule has 0 bridgehead atoms. The minimum absolute atomic E-state index is 0.113. The Balaban J connectivity index is 2.51. The van der Waals surface area contributed by atoms with Crippen molar-refractivity contribution in [2.75, 3.05) is 19.0 Å². The number of hydrogen-bond donors (Lipinski definition) is 2. The van der Waals surface area contributed by atoms with E-state index in [1.165, 1.54) is 0 Å². The second kappa shape index (κ2) is 8.97. The first-order chi connectivity index (χ1) is 10.0. The van der Waals surface area contributed by atoms with Gasteiger partial charge >= 0.3 is 5.97 Å². The third-order valence-electron chi connectivity index (χ3n) is 2.55. The standard InChI is InChI=1S/C15H23N3O3/c1-11(2)21-14(19)8-9-17-15(16)18-13-7-5-4-6-12(13)10-20-3/h4-7,11H,8-10H2,1-3H3,(H3,16,17,18). The molecular weight excluding hydrogens is 270 g/mol. The summed E-state index contributed by atoms with van der Waals surface area (Å²) in [5.41, 5.74) is 7.63. The molecule has 0 heterocycles. The van der Waals surface area contributed by atoms with Crippen LogP contribution in [-0.4, -0.2) is 31.7 Å². The van der Waals surface area contributed by atoms with Crippen molar-refractivity contribution in [2.24, 2.45) is 10.7 Å². The molecule has 0 saturated heterocycles. The normalized spacial score (nSPS) is 11.5. The first-order valence-corrected chi connectivity index (χ1v) is 6.86. The molecule has 0 spiro atoms. The number of hydrogen-bond acceptors (Lipinski definition) is 4. The molecule has 21 heavy (non-hydrogen) atoms. The quantitative estimate of drug-likeness (QED) is 0.455. The van der Waals surface area contributed by atoms with Gasteiger partial charge in [-0.05, 0) is 19.9 Å². The van der Waals surface area contributed by atoms with Gasteiger partial charge in [-0.1, -0.05) is 18.2 Å². The lowest BCUT2D eigenvalue weighted by molar-refractivity contribution is -0.147. The summed E-state index contributed by atoms with van der Waals surface area (Å²) in [6.45, 7) is 4.39. The molecule has 1 rings (SSSR count). The molecule has 0 aromatic heterocycles. The van der Waals surface area contributed by atoms with E-state index in [0.29, 0.717) is 6.61 Å². The molecule has 0 radical (unpaired) electrons. The van der Waals surface area contributed by atoms with Crippen molar-refractivity contribution in [1.82, 2.24) is 0 Å². The Kier molecular flexibility index (Phi) is 7.25. The highest BCUT2D eigenvalue weighted by Gasteiger charge is 2.05. The fraction of sp³-hybridized carbons (Fsp3) is 0.467. The predicted molar refractivity (Wildman–Crippen MR) is 83.1 cm³/mol. The number of esters is 1. The zero-order valence-electron chi connectivity index (χ0n) is 12.8. The van der Waals surface area contributed by atoms with Gasteiger partial charge in [0.25, 0.3) is 0 Å². The SMILES string of the molecule is COCc1ccccc1NC(N)=NCCC(=O)OC(C)C. The summed E-state index contributed by atoms with van der Waals surface area (Å²) >= 11 is 0. The monoisotopic (exact) mass is 293 g/mol. The molecule has 6 nitrogen and oxygen atoms in total. The molecule has 116 valence electrons. The first-order valence-electron chi connectivity index (χ1n) is 6.86. The molecule has 0 saturated carbocycles. The minimum Gasteiger partial charge on any atom is -0.463 e. The molecule has 6 heteroatoms. The molecule has 1 aromatic carbocycles. The van der Waals surface area contributed by atoms with Crippen LogP contribution in [0.25, 0.3) is 0 Å². The lowest BCUT2D eigenvalue weighted by Crippen LogP contribution is -2.24. The maximum absolute atomic E-state index is 11.4. The fourth-order valence-corrected chi connectivity index (χ4v) is 1.69. The van der Waals surface area contributed by atoms with Crippen molar-refractivity contribution in [3.63, 3.8) is 0 Å². The summed E-state index contributed by atoms with van der Waals surface area (Å²) in [4.78, 5) is 15.5. The molecule has 1 aromatic rings. The van der Waals surface area contributed by atoms with Crippen molar-refractivity contribution in [2.45, 2.75) is 33.0 Å².